The lowest BCUT2D eigenvalue weighted by Gasteiger charge is -2.48. The molecule has 0 aromatic rings. The zero-order valence-corrected chi connectivity index (χ0v) is 31.3. The molecule has 3 aliphatic heterocycles. The van der Waals surface area contributed by atoms with Crippen molar-refractivity contribution in [3.8, 4) is 0 Å². The molecule has 7 heteroatoms. The number of nitrogens with zero attached hydrogens (tertiary/aromatic N) is 3. The predicted octanol–water partition coefficient (Wildman–Crippen LogP) is 8.48. The fraction of sp³-hybridized carbons (Fsp3) is 0.921. The van der Waals surface area contributed by atoms with E-state index in [4.69, 9.17) is 20.1 Å². The smallest absolute Gasteiger partial charge is 0.226 e. The van der Waals surface area contributed by atoms with Crippen molar-refractivity contribution in [2.24, 2.45) is 39.6 Å². The van der Waals surface area contributed by atoms with E-state index >= 15 is 0 Å². The van der Waals surface area contributed by atoms with E-state index < -0.39 is 0 Å². The number of guanidine groups is 1. The van der Waals surface area contributed by atoms with E-state index in [9.17, 15) is 0 Å². The minimum absolute atomic E-state index is 0.0816. The number of unbranched alkanes of at least 4 members (excludes halogenated alkanes) is 3. The highest BCUT2D eigenvalue weighted by Gasteiger charge is 2.41. The molecule has 0 spiro atoms. The van der Waals surface area contributed by atoms with Crippen molar-refractivity contribution < 1.29 is 4.74 Å². The Morgan fingerprint density at radius 3 is 1.78 bits per heavy atom. The van der Waals surface area contributed by atoms with Crippen molar-refractivity contribution in [2.45, 2.75) is 169 Å². The number of rotatable bonds is 12. The van der Waals surface area contributed by atoms with Gasteiger partial charge in [0.05, 0.1) is 13.2 Å². The topological polar surface area (TPSA) is 85.1 Å². The van der Waals surface area contributed by atoms with E-state index in [2.05, 4.69) is 84.1 Å². The molecule has 3 rings (SSSR count). The van der Waals surface area contributed by atoms with Gasteiger partial charge in [-0.15, -0.1) is 0 Å². The van der Waals surface area contributed by atoms with Crippen LogP contribution in [0.3, 0.4) is 0 Å². The number of morpholine rings is 1. The third-order valence-electron chi connectivity index (χ3n) is 10.5. The second-order valence-corrected chi connectivity index (χ2v) is 17.8. The second-order valence-electron chi connectivity index (χ2n) is 17.8. The van der Waals surface area contributed by atoms with Crippen LogP contribution in [0.25, 0.3) is 0 Å². The first-order valence-electron chi connectivity index (χ1n) is 18.5. The van der Waals surface area contributed by atoms with Gasteiger partial charge in [0, 0.05) is 47.4 Å². The van der Waals surface area contributed by atoms with Gasteiger partial charge < -0.3 is 20.3 Å². The van der Waals surface area contributed by atoms with Crippen LogP contribution in [-0.4, -0.2) is 71.4 Å². The van der Waals surface area contributed by atoms with Gasteiger partial charge in [0.1, 0.15) is 5.84 Å². The Bertz CT molecular complexity index is 958. The van der Waals surface area contributed by atoms with Gasteiger partial charge in [-0.05, 0) is 111 Å². The van der Waals surface area contributed by atoms with Crippen LogP contribution in [0.5, 0.6) is 0 Å². The maximum Gasteiger partial charge on any atom is 0.226 e. The number of piperidine rings is 2. The van der Waals surface area contributed by atoms with E-state index in [1.54, 1.807) is 0 Å². The Labute approximate surface area is 278 Å². The van der Waals surface area contributed by atoms with Crippen molar-refractivity contribution in [1.82, 2.24) is 15.5 Å². The average molecular weight is 629 g/mol. The Morgan fingerprint density at radius 2 is 1.29 bits per heavy atom. The standard InChI is InChI=1S/C38H72N6O/c1-12-29(31-23-35(4,5)42-36(6,7)24-31)17-15-13-14-16-18-30(32-25-37(8,9)43-38(10,11)26-32)27-40-34(41-33(39)28(2)3)44-19-21-45-22-20-44/h27-32,39,42-43H,12-26H2,1-11H3. The molecule has 2 unspecified atom stereocenters. The van der Waals surface area contributed by atoms with Crippen LogP contribution in [0.4, 0.5) is 0 Å². The predicted molar refractivity (Wildman–Crippen MR) is 194 cm³/mol. The Kier molecular flexibility index (Phi) is 13.7. The lowest BCUT2D eigenvalue weighted by molar-refractivity contribution is 0.0676. The summed E-state index contributed by atoms with van der Waals surface area (Å²) in [7, 11) is 0. The summed E-state index contributed by atoms with van der Waals surface area (Å²) in [5.74, 6) is 3.83. The van der Waals surface area contributed by atoms with Crippen LogP contribution in [0.15, 0.2) is 9.98 Å². The third-order valence-corrected chi connectivity index (χ3v) is 10.5. The monoisotopic (exact) mass is 629 g/mol. The highest BCUT2D eigenvalue weighted by atomic mass is 16.5. The number of hydrogen-bond donors (Lipinski definition) is 3. The third kappa shape index (κ3) is 12.7. The first kappa shape index (κ1) is 38.1. The van der Waals surface area contributed by atoms with Gasteiger partial charge >= 0.3 is 0 Å². The van der Waals surface area contributed by atoms with Crippen LogP contribution >= 0.6 is 0 Å². The molecule has 0 radical (unpaired) electrons. The maximum atomic E-state index is 8.47. The molecule has 0 aliphatic carbocycles. The van der Waals surface area contributed by atoms with Gasteiger partial charge in [-0.2, -0.15) is 4.99 Å². The van der Waals surface area contributed by atoms with Crippen molar-refractivity contribution in [2.75, 3.05) is 26.3 Å². The van der Waals surface area contributed by atoms with Crippen LogP contribution in [0, 0.1) is 35.0 Å². The van der Waals surface area contributed by atoms with E-state index in [1.165, 1.54) is 57.8 Å². The fourth-order valence-electron chi connectivity index (χ4n) is 9.13. The maximum absolute atomic E-state index is 8.47. The summed E-state index contributed by atoms with van der Waals surface area (Å²) in [6.45, 7) is 28.4. The molecule has 45 heavy (non-hydrogen) atoms. The second kappa shape index (κ2) is 16.2. The van der Waals surface area contributed by atoms with E-state index in [0.717, 1.165) is 37.8 Å². The molecule has 3 fully saturated rings. The average Bonchev–Trinajstić information content (AvgIpc) is 2.90. The molecule has 2 atom stereocenters. The van der Waals surface area contributed by atoms with Crippen molar-refractivity contribution >= 4 is 18.0 Å². The quantitative estimate of drug-likeness (QED) is 0.115. The number of aliphatic imine (C=N–C) groups is 2. The van der Waals surface area contributed by atoms with Crippen molar-refractivity contribution in [3.05, 3.63) is 0 Å². The Morgan fingerprint density at radius 1 is 0.800 bits per heavy atom. The minimum atomic E-state index is 0.0816. The molecule has 0 aromatic heterocycles. The summed E-state index contributed by atoms with van der Waals surface area (Å²) >= 11 is 0. The lowest BCUT2D eigenvalue weighted by atomic mass is 9.69. The van der Waals surface area contributed by atoms with Crippen LogP contribution in [0.2, 0.25) is 0 Å². The summed E-state index contributed by atoms with van der Waals surface area (Å²) in [5, 5.41) is 16.2. The van der Waals surface area contributed by atoms with Crippen molar-refractivity contribution in [1.29, 1.82) is 5.41 Å². The Hall–Kier alpha value is -1.31. The van der Waals surface area contributed by atoms with Gasteiger partial charge in [-0.1, -0.05) is 59.3 Å². The van der Waals surface area contributed by atoms with E-state index in [0.29, 0.717) is 36.8 Å². The highest BCUT2D eigenvalue weighted by Crippen LogP contribution is 2.41. The summed E-state index contributed by atoms with van der Waals surface area (Å²) in [6.07, 6.45) is 16.2. The SMILES string of the molecule is CCC(CCCCCCC(C=NC(=NC(=N)C(C)C)N1CCOCC1)C1CC(C)(C)NC(C)(C)C1)C1CC(C)(C)NC(C)(C)C1. The summed E-state index contributed by atoms with van der Waals surface area (Å²) in [5.41, 5.74) is 0.670. The number of ether oxygens (including phenoxy) is 1. The van der Waals surface area contributed by atoms with Crippen LogP contribution in [-0.2, 0) is 4.74 Å². The van der Waals surface area contributed by atoms with Crippen molar-refractivity contribution in [3.63, 3.8) is 0 Å². The molecule has 3 N–H and O–H groups in total. The molecule has 0 bridgehead atoms. The molecular weight excluding hydrogens is 556 g/mol. The number of hydrogen-bond acceptors (Lipinski definition) is 4. The molecule has 0 aromatic carbocycles. The van der Waals surface area contributed by atoms with E-state index in [1.807, 2.05) is 13.8 Å². The summed E-state index contributed by atoms with van der Waals surface area (Å²) in [4.78, 5) is 12.0. The van der Waals surface area contributed by atoms with Gasteiger partial charge in [0.2, 0.25) is 5.96 Å². The first-order valence-corrected chi connectivity index (χ1v) is 18.5. The van der Waals surface area contributed by atoms with Gasteiger partial charge in [-0.3, -0.25) is 5.41 Å². The molecule has 7 nitrogen and oxygen atoms in total. The molecule has 260 valence electrons. The molecule has 0 saturated carbocycles. The van der Waals surface area contributed by atoms with Gasteiger partial charge in [0.15, 0.2) is 0 Å². The van der Waals surface area contributed by atoms with E-state index in [-0.39, 0.29) is 28.1 Å². The molecule has 3 heterocycles. The summed E-state index contributed by atoms with van der Waals surface area (Å²) < 4.78 is 5.62. The molecular formula is C38H72N6O. The zero-order valence-electron chi connectivity index (χ0n) is 31.3. The zero-order chi connectivity index (χ0) is 33.5. The van der Waals surface area contributed by atoms with Crippen LogP contribution < -0.4 is 10.6 Å². The molecule has 3 saturated heterocycles. The Balaban J connectivity index is 1.65. The fourth-order valence-corrected chi connectivity index (χ4v) is 9.13. The van der Waals surface area contributed by atoms with Gasteiger partial charge in [0.25, 0.3) is 0 Å². The summed E-state index contributed by atoms with van der Waals surface area (Å²) in [6, 6.07) is 0. The normalized spacial score (nSPS) is 25.5. The first-order chi connectivity index (χ1) is 20.9. The lowest BCUT2D eigenvalue weighted by Crippen LogP contribution is -2.58. The molecule has 0 amide bonds. The minimum Gasteiger partial charge on any atom is -0.378 e. The van der Waals surface area contributed by atoms with Gasteiger partial charge in [-0.25, -0.2) is 4.99 Å². The highest BCUT2D eigenvalue weighted by molar-refractivity contribution is 5.98. The number of nitrogens with one attached hydrogen (secondary N) is 3. The van der Waals surface area contributed by atoms with Crippen LogP contribution in [0.1, 0.15) is 147 Å². The molecule has 3 aliphatic rings. The number of amidine groups is 1. The largest absolute Gasteiger partial charge is 0.378 e.